The predicted octanol–water partition coefficient (Wildman–Crippen LogP) is 6.54. The third-order valence-corrected chi connectivity index (χ3v) is 6.20. The molecule has 1 aromatic rings. The van der Waals surface area contributed by atoms with Crippen LogP contribution in [0.2, 0.25) is 0 Å². The molecule has 0 spiro atoms. The van der Waals surface area contributed by atoms with Crippen molar-refractivity contribution in [2.45, 2.75) is 109 Å². The normalized spacial score (nSPS) is 17.0. The van der Waals surface area contributed by atoms with E-state index in [1.807, 2.05) is 12.1 Å². The molecule has 1 saturated heterocycles. The number of benzene rings is 1. The van der Waals surface area contributed by atoms with Crippen molar-refractivity contribution >= 4 is 11.9 Å². The molecule has 1 N–H and O–H groups in total. The Hall–Kier alpha value is -1.84. The average molecular weight is 416 g/mol. The molecule has 0 radical (unpaired) electrons. The largest absolute Gasteiger partial charge is 0.464 e. The van der Waals surface area contributed by atoms with Crippen LogP contribution in [0.5, 0.6) is 0 Å². The summed E-state index contributed by atoms with van der Waals surface area (Å²) < 4.78 is 4.92. The Morgan fingerprint density at radius 3 is 2.07 bits per heavy atom. The van der Waals surface area contributed by atoms with Crippen molar-refractivity contribution < 1.29 is 14.3 Å². The second-order valence-corrected chi connectivity index (χ2v) is 8.71. The molecule has 168 valence electrons. The number of hydrogen-bond acceptors (Lipinski definition) is 3. The summed E-state index contributed by atoms with van der Waals surface area (Å²) in [7, 11) is 0. The summed E-state index contributed by atoms with van der Waals surface area (Å²) in [6.45, 7) is 4.90. The zero-order chi connectivity index (χ0) is 21.6. The molecule has 0 saturated carbocycles. The smallest absolute Gasteiger partial charge is 0.328 e. The molecule has 0 aliphatic carbocycles. The van der Waals surface area contributed by atoms with Gasteiger partial charge in [0.05, 0.1) is 6.61 Å². The molecule has 1 amide bonds. The van der Waals surface area contributed by atoms with E-state index in [4.69, 9.17) is 4.74 Å². The number of hydrogen-bond donors (Lipinski definition) is 1. The van der Waals surface area contributed by atoms with Gasteiger partial charge < -0.3 is 10.1 Å². The highest BCUT2D eigenvalue weighted by molar-refractivity contribution is 5.97. The Morgan fingerprint density at radius 2 is 1.50 bits per heavy atom. The highest BCUT2D eigenvalue weighted by atomic mass is 16.5. The van der Waals surface area contributed by atoms with Crippen LogP contribution in [0.3, 0.4) is 0 Å². The van der Waals surface area contributed by atoms with Crippen molar-refractivity contribution in [1.82, 2.24) is 5.32 Å². The summed E-state index contributed by atoms with van der Waals surface area (Å²) in [5.41, 5.74) is 1.96. The number of nitrogens with one attached hydrogen (secondary N) is 1. The van der Waals surface area contributed by atoms with Gasteiger partial charge in [-0.15, -0.1) is 0 Å². The molecule has 0 aromatic heterocycles. The number of cyclic esters (lactones) is 1. The second-order valence-electron chi connectivity index (χ2n) is 8.71. The topological polar surface area (TPSA) is 55.4 Å². The summed E-state index contributed by atoms with van der Waals surface area (Å²) in [5, 5.41) is 2.79. The molecule has 1 aliphatic heterocycles. The monoisotopic (exact) mass is 415 g/mol. The first kappa shape index (κ1) is 24.4. The van der Waals surface area contributed by atoms with Crippen LogP contribution in [0.1, 0.15) is 119 Å². The number of carbonyl (C=O) groups is 2. The number of amides is 1. The molecule has 1 heterocycles. The predicted molar refractivity (Wildman–Crippen MR) is 123 cm³/mol. The van der Waals surface area contributed by atoms with Crippen molar-refractivity contribution in [2.24, 2.45) is 0 Å². The van der Waals surface area contributed by atoms with Gasteiger partial charge >= 0.3 is 5.97 Å². The van der Waals surface area contributed by atoms with Crippen LogP contribution in [0.4, 0.5) is 0 Å². The minimum absolute atomic E-state index is 0.194. The maximum absolute atomic E-state index is 12.4. The Kier molecular flexibility index (Phi) is 11.6. The van der Waals surface area contributed by atoms with Gasteiger partial charge in [-0.3, -0.25) is 4.79 Å². The molecule has 0 bridgehead atoms. The van der Waals surface area contributed by atoms with E-state index in [0.29, 0.717) is 24.5 Å². The number of esters is 1. The molecule has 1 aromatic carbocycles. The second kappa shape index (κ2) is 14.2. The summed E-state index contributed by atoms with van der Waals surface area (Å²) in [6.07, 6.45) is 16.1. The minimum atomic E-state index is -0.504. The Morgan fingerprint density at radius 1 is 0.933 bits per heavy atom. The first-order chi connectivity index (χ1) is 14.7. The summed E-state index contributed by atoms with van der Waals surface area (Å²) in [6, 6.07) is 7.54. The summed E-state index contributed by atoms with van der Waals surface area (Å²) in [5.74, 6) is 0.0572. The van der Waals surface area contributed by atoms with E-state index in [1.54, 1.807) is 0 Å². The van der Waals surface area contributed by atoms with Gasteiger partial charge in [-0.05, 0) is 36.5 Å². The molecule has 1 fully saturated rings. The van der Waals surface area contributed by atoms with Crippen LogP contribution in [0, 0.1) is 0 Å². The number of rotatable bonds is 15. The van der Waals surface area contributed by atoms with Gasteiger partial charge in [0.15, 0.2) is 0 Å². The van der Waals surface area contributed by atoms with Crippen LogP contribution in [-0.2, 0) is 9.53 Å². The molecule has 4 heteroatoms. The Labute approximate surface area is 183 Å². The fourth-order valence-electron chi connectivity index (χ4n) is 4.24. The van der Waals surface area contributed by atoms with Gasteiger partial charge in [-0.25, -0.2) is 4.79 Å². The molecule has 2 atom stereocenters. The third-order valence-electron chi connectivity index (χ3n) is 6.20. The highest BCUT2D eigenvalue weighted by Gasteiger charge is 2.28. The highest BCUT2D eigenvalue weighted by Crippen LogP contribution is 2.29. The Balaban J connectivity index is 1.89. The van der Waals surface area contributed by atoms with Gasteiger partial charge in [0, 0.05) is 12.0 Å². The molecule has 2 unspecified atom stereocenters. The van der Waals surface area contributed by atoms with E-state index in [2.05, 4.69) is 31.3 Å². The molecular weight excluding hydrogens is 374 g/mol. The SMILES string of the molecule is CCCCCCCCC(CCCCCC)c1ccc(C(=O)NC2CCOC2=O)cc1. The number of carbonyl (C=O) groups excluding carboxylic acids is 2. The first-order valence-corrected chi connectivity index (χ1v) is 12.2. The molecule has 1 aliphatic rings. The third kappa shape index (κ3) is 8.49. The van der Waals surface area contributed by atoms with E-state index in [-0.39, 0.29) is 11.9 Å². The van der Waals surface area contributed by atoms with Gasteiger partial charge in [-0.1, -0.05) is 90.2 Å². The van der Waals surface area contributed by atoms with Crippen molar-refractivity contribution in [3.8, 4) is 0 Å². The van der Waals surface area contributed by atoms with E-state index in [1.165, 1.54) is 82.6 Å². The van der Waals surface area contributed by atoms with E-state index >= 15 is 0 Å². The minimum Gasteiger partial charge on any atom is -0.464 e. The zero-order valence-corrected chi connectivity index (χ0v) is 19.1. The molecular formula is C26H41NO3. The van der Waals surface area contributed by atoms with Crippen LogP contribution in [-0.4, -0.2) is 24.5 Å². The lowest BCUT2D eigenvalue weighted by atomic mass is 9.87. The number of ether oxygens (including phenoxy) is 1. The lowest BCUT2D eigenvalue weighted by molar-refractivity contribution is -0.139. The maximum atomic E-state index is 12.4. The van der Waals surface area contributed by atoms with Crippen LogP contribution in [0.25, 0.3) is 0 Å². The molecule has 2 rings (SSSR count). The average Bonchev–Trinajstić information content (AvgIpc) is 3.16. The van der Waals surface area contributed by atoms with Gasteiger partial charge in [0.1, 0.15) is 6.04 Å². The lowest BCUT2D eigenvalue weighted by Crippen LogP contribution is -2.37. The molecule has 4 nitrogen and oxygen atoms in total. The fraction of sp³-hybridized carbons (Fsp3) is 0.692. The standard InChI is InChI=1S/C26H41NO3/c1-3-5-7-9-10-12-14-21(13-11-8-6-4-2)22-15-17-23(18-16-22)25(28)27-24-19-20-30-26(24)29/h15-18,21,24H,3-14,19-20H2,1-2H3,(H,27,28). The number of unbranched alkanes of at least 4 members (excludes halogenated alkanes) is 8. The van der Waals surface area contributed by atoms with Crippen molar-refractivity contribution in [1.29, 1.82) is 0 Å². The summed E-state index contributed by atoms with van der Waals surface area (Å²) in [4.78, 5) is 24.0. The quantitative estimate of drug-likeness (QED) is 0.261. The van der Waals surface area contributed by atoms with Crippen molar-refractivity contribution in [2.75, 3.05) is 6.61 Å². The maximum Gasteiger partial charge on any atom is 0.328 e. The Bertz CT molecular complexity index is 626. The fourth-order valence-corrected chi connectivity index (χ4v) is 4.24. The van der Waals surface area contributed by atoms with Gasteiger partial charge in [-0.2, -0.15) is 0 Å². The van der Waals surface area contributed by atoms with Crippen molar-refractivity contribution in [3.05, 3.63) is 35.4 Å². The van der Waals surface area contributed by atoms with Crippen LogP contribution < -0.4 is 5.32 Å². The van der Waals surface area contributed by atoms with Crippen molar-refractivity contribution in [3.63, 3.8) is 0 Å². The van der Waals surface area contributed by atoms with E-state index < -0.39 is 6.04 Å². The van der Waals surface area contributed by atoms with E-state index in [9.17, 15) is 9.59 Å². The van der Waals surface area contributed by atoms with Crippen LogP contribution in [0.15, 0.2) is 24.3 Å². The lowest BCUT2D eigenvalue weighted by Gasteiger charge is -2.18. The van der Waals surface area contributed by atoms with E-state index in [0.717, 1.165) is 0 Å². The zero-order valence-electron chi connectivity index (χ0n) is 19.1. The van der Waals surface area contributed by atoms with Crippen LogP contribution >= 0.6 is 0 Å². The van der Waals surface area contributed by atoms with Gasteiger partial charge in [0.2, 0.25) is 0 Å². The summed E-state index contributed by atoms with van der Waals surface area (Å²) >= 11 is 0. The van der Waals surface area contributed by atoms with Gasteiger partial charge in [0.25, 0.3) is 5.91 Å². The molecule has 30 heavy (non-hydrogen) atoms. The first-order valence-electron chi connectivity index (χ1n) is 12.2.